The number of nitrogens with zero attached hydrogens (tertiary/aromatic N) is 1. The number of likely N-dealkylation sites (N-methyl/N-ethyl adjacent to an activating group) is 1. The first-order valence-electron chi connectivity index (χ1n) is 14.6. The molecule has 0 heterocycles. The molecule has 0 aliphatic rings. The van der Waals surface area contributed by atoms with E-state index in [4.69, 9.17) is 13.8 Å². The molecule has 0 aromatic heterocycles. The third-order valence-corrected chi connectivity index (χ3v) is 7.16. The SMILES string of the molecule is CCCCC/C=C\C/C=C\CCCCCCCCOc1cccc(CCOP(=O)([O-])OCC[N+](C)(C)C)c1. The second kappa shape index (κ2) is 21.4. The topological polar surface area (TPSA) is 67.8 Å². The number of quaternary nitrogens is 1. The lowest BCUT2D eigenvalue weighted by Gasteiger charge is -2.27. The van der Waals surface area contributed by atoms with Gasteiger partial charge in [-0.05, 0) is 62.6 Å². The van der Waals surface area contributed by atoms with Gasteiger partial charge in [-0.2, -0.15) is 0 Å². The second-order valence-corrected chi connectivity index (χ2v) is 12.4. The highest BCUT2D eigenvalue weighted by molar-refractivity contribution is 7.45. The van der Waals surface area contributed by atoms with Gasteiger partial charge < -0.3 is 23.2 Å². The average molecular weight is 552 g/mol. The molecule has 0 aliphatic heterocycles. The van der Waals surface area contributed by atoms with Crippen molar-refractivity contribution in [2.45, 2.75) is 90.4 Å². The van der Waals surface area contributed by atoms with Crippen molar-refractivity contribution >= 4 is 7.82 Å². The predicted octanol–water partition coefficient (Wildman–Crippen LogP) is 7.63. The van der Waals surface area contributed by atoms with Gasteiger partial charge in [0, 0.05) is 0 Å². The van der Waals surface area contributed by atoms with Crippen LogP contribution in [0.4, 0.5) is 0 Å². The fourth-order valence-electron chi connectivity index (χ4n) is 3.81. The fraction of sp³-hybridized carbons (Fsp3) is 0.677. The number of hydrogen-bond donors (Lipinski definition) is 0. The summed E-state index contributed by atoms with van der Waals surface area (Å²) in [4.78, 5) is 11.9. The first-order chi connectivity index (χ1) is 18.2. The molecule has 0 spiro atoms. The van der Waals surface area contributed by atoms with E-state index in [0.717, 1.165) is 24.2 Å². The number of benzene rings is 1. The number of ether oxygens (including phenoxy) is 1. The summed E-state index contributed by atoms with van der Waals surface area (Å²) in [5.41, 5.74) is 0.978. The van der Waals surface area contributed by atoms with Gasteiger partial charge in [-0.1, -0.05) is 81.9 Å². The standard InChI is InChI=1S/C31H54NO5P/c1-5-6-7-8-9-10-11-12-13-14-15-16-17-18-19-20-26-35-31-23-21-22-30(29-31)24-27-36-38(33,34)37-28-25-32(2,3)4/h9-10,12-13,21-23,29H,5-8,11,14-20,24-28H2,1-4H3/b10-9-,13-12-. The van der Waals surface area contributed by atoms with E-state index in [1.807, 2.05) is 45.4 Å². The number of unbranched alkanes of at least 4 members (excludes halogenated alkanes) is 9. The van der Waals surface area contributed by atoms with Crippen LogP contribution in [0.15, 0.2) is 48.6 Å². The van der Waals surface area contributed by atoms with Gasteiger partial charge in [0.2, 0.25) is 0 Å². The molecule has 0 bridgehead atoms. The molecule has 0 radical (unpaired) electrons. The summed E-state index contributed by atoms with van der Waals surface area (Å²) in [6, 6.07) is 7.77. The van der Waals surface area contributed by atoms with Gasteiger partial charge in [0.05, 0.1) is 34.4 Å². The first kappa shape index (κ1) is 34.6. The van der Waals surface area contributed by atoms with Crippen LogP contribution in [-0.2, 0) is 20.0 Å². The number of phosphoric ester groups is 1. The maximum atomic E-state index is 11.9. The van der Waals surface area contributed by atoms with E-state index in [0.29, 0.717) is 24.1 Å². The molecule has 38 heavy (non-hydrogen) atoms. The van der Waals surface area contributed by atoms with Crippen molar-refractivity contribution in [3.8, 4) is 5.75 Å². The summed E-state index contributed by atoms with van der Waals surface area (Å²) in [5.74, 6) is 0.814. The minimum Gasteiger partial charge on any atom is -0.756 e. The zero-order valence-electron chi connectivity index (χ0n) is 24.6. The molecule has 0 saturated heterocycles. The minimum atomic E-state index is -4.27. The van der Waals surface area contributed by atoms with Gasteiger partial charge in [-0.25, -0.2) is 0 Å². The quantitative estimate of drug-likeness (QED) is 0.0572. The normalized spacial score (nSPS) is 13.9. The number of allylic oxidation sites excluding steroid dienone is 4. The highest BCUT2D eigenvalue weighted by atomic mass is 31.2. The van der Waals surface area contributed by atoms with Crippen LogP contribution < -0.4 is 9.63 Å². The van der Waals surface area contributed by atoms with Gasteiger partial charge in [-0.15, -0.1) is 0 Å². The van der Waals surface area contributed by atoms with Crippen LogP contribution in [0.1, 0.15) is 89.5 Å². The monoisotopic (exact) mass is 551 g/mol. The van der Waals surface area contributed by atoms with Gasteiger partial charge in [0.15, 0.2) is 0 Å². The van der Waals surface area contributed by atoms with Crippen LogP contribution in [0.2, 0.25) is 0 Å². The molecule has 0 fully saturated rings. The van der Waals surface area contributed by atoms with E-state index < -0.39 is 7.82 Å². The number of rotatable bonds is 24. The van der Waals surface area contributed by atoms with Gasteiger partial charge in [0.1, 0.15) is 18.9 Å². The Labute approximate surface area is 233 Å². The Bertz CT molecular complexity index is 819. The van der Waals surface area contributed by atoms with Gasteiger partial charge in [0.25, 0.3) is 7.82 Å². The average Bonchev–Trinajstić information content (AvgIpc) is 2.85. The molecule has 6 nitrogen and oxygen atoms in total. The maximum Gasteiger partial charge on any atom is 0.268 e. The summed E-state index contributed by atoms with van der Waals surface area (Å²) in [6.07, 6.45) is 24.4. The lowest BCUT2D eigenvalue weighted by Crippen LogP contribution is -2.37. The second-order valence-electron chi connectivity index (χ2n) is 11.0. The van der Waals surface area contributed by atoms with Crippen molar-refractivity contribution in [2.75, 3.05) is 47.5 Å². The molecule has 1 unspecified atom stereocenters. The molecule has 1 aromatic carbocycles. The Morgan fingerprint density at radius 1 is 0.816 bits per heavy atom. The summed E-state index contributed by atoms with van der Waals surface area (Å²) < 4.78 is 28.4. The van der Waals surface area contributed by atoms with Crippen LogP contribution in [0.3, 0.4) is 0 Å². The lowest BCUT2D eigenvalue weighted by molar-refractivity contribution is -0.870. The molecule has 0 amide bonds. The minimum absolute atomic E-state index is 0.0561. The van der Waals surface area contributed by atoms with Crippen molar-refractivity contribution < 1.29 is 27.7 Å². The van der Waals surface area contributed by atoms with E-state index >= 15 is 0 Å². The Kier molecular flexibility index (Phi) is 19.5. The molecule has 0 saturated carbocycles. The van der Waals surface area contributed by atoms with E-state index in [9.17, 15) is 9.46 Å². The molecular weight excluding hydrogens is 497 g/mol. The lowest BCUT2D eigenvalue weighted by atomic mass is 10.1. The zero-order valence-corrected chi connectivity index (χ0v) is 25.5. The van der Waals surface area contributed by atoms with Crippen LogP contribution in [0.5, 0.6) is 5.75 Å². The van der Waals surface area contributed by atoms with Crippen LogP contribution in [0, 0.1) is 0 Å². The third-order valence-electron chi connectivity index (χ3n) is 6.16. The molecule has 1 rings (SSSR count). The Balaban J connectivity index is 2.05. The molecule has 218 valence electrons. The molecule has 0 aliphatic carbocycles. The molecule has 1 aromatic rings. The zero-order chi connectivity index (χ0) is 28.0. The Morgan fingerprint density at radius 2 is 1.45 bits per heavy atom. The van der Waals surface area contributed by atoms with E-state index in [1.165, 1.54) is 64.2 Å². The highest BCUT2D eigenvalue weighted by Crippen LogP contribution is 2.38. The predicted molar refractivity (Wildman–Crippen MR) is 157 cm³/mol. The van der Waals surface area contributed by atoms with Crippen molar-refractivity contribution in [1.82, 2.24) is 0 Å². The van der Waals surface area contributed by atoms with Crippen molar-refractivity contribution in [1.29, 1.82) is 0 Å². The molecule has 1 atom stereocenters. The van der Waals surface area contributed by atoms with Gasteiger partial charge >= 0.3 is 0 Å². The number of hydrogen-bond acceptors (Lipinski definition) is 5. The largest absolute Gasteiger partial charge is 0.756 e. The van der Waals surface area contributed by atoms with Crippen molar-refractivity contribution in [2.24, 2.45) is 0 Å². The molecule has 7 heteroatoms. The summed E-state index contributed by atoms with van der Waals surface area (Å²) in [7, 11) is 1.66. The van der Waals surface area contributed by atoms with E-state index in [1.54, 1.807) is 0 Å². The maximum absolute atomic E-state index is 11.9. The summed E-state index contributed by atoms with van der Waals surface area (Å²) >= 11 is 0. The summed E-state index contributed by atoms with van der Waals surface area (Å²) in [5, 5.41) is 0. The first-order valence-corrected chi connectivity index (χ1v) is 16.1. The third kappa shape index (κ3) is 21.5. The van der Waals surface area contributed by atoms with Crippen molar-refractivity contribution in [3.05, 3.63) is 54.1 Å². The van der Waals surface area contributed by atoms with Crippen LogP contribution in [-0.4, -0.2) is 52.0 Å². The Morgan fingerprint density at radius 3 is 2.13 bits per heavy atom. The van der Waals surface area contributed by atoms with Crippen LogP contribution >= 0.6 is 7.82 Å². The van der Waals surface area contributed by atoms with E-state index in [-0.39, 0.29) is 13.2 Å². The fourth-order valence-corrected chi connectivity index (χ4v) is 4.50. The van der Waals surface area contributed by atoms with Crippen LogP contribution in [0.25, 0.3) is 0 Å². The number of phosphoric acid groups is 1. The Hall–Kier alpha value is -1.43. The molecular formula is C31H54NO5P. The smallest absolute Gasteiger partial charge is 0.268 e. The molecule has 0 N–H and O–H groups in total. The van der Waals surface area contributed by atoms with Gasteiger partial charge in [-0.3, -0.25) is 4.57 Å². The summed E-state index contributed by atoms with van der Waals surface area (Å²) in [6.45, 7) is 3.70. The van der Waals surface area contributed by atoms with Crippen molar-refractivity contribution in [3.63, 3.8) is 0 Å². The van der Waals surface area contributed by atoms with E-state index in [2.05, 4.69) is 31.2 Å². The highest BCUT2D eigenvalue weighted by Gasteiger charge is 2.13.